The van der Waals surface area contributed by atoms with Crippen LogP contribution in [0.25, 0.3) is 0 Å². The highest BCUT2D eigenvalue weighted by Gasteiger charge is 2.21. The Labute approximate surface area is 111 Å². The number of ether oxygens (including phenoxy) is 1. The highest BCUT2D eigenvalue weighted by atomic mass is 19.1. The van der Waals surface area contributed by atoms with E-state index in [1.807, 2.05) is 4.90 Å². The first-order valence-electron chi connectivity index (χ1n) is 6.39. The Morgan fingerprint density at radius 3 is 2.58 bits per heavy atom. The summed E-state index contributed by atoms with van der Waals surface area (Å²) in [5.41, 5.74) is 0.686. The third kappa shape index (κ3) is 3.10. The van der Waals surface area contributed by atoms with Gasteiger partial charge in [0.25, 0.3) is 5.78 Å². The Bertz CT molecular complexity index is 495. The molecule has 0 aromatic heterocycles. The lowest BCUT2D eigenvalue weighted by Crippen LogP contribution is -2.21. The smallest absolute Gasteiger partial charge is 0.379 e. The van der Waals surface area contributed by atoms with Crippen molar-refractivity contribution in [1.29, 1.82) is 0 Å². The molecule has 0 spiro atoms. The summed E-state index contributed by atoms with van der Waals surface area (Å²) in [7, 11) is 0. The molecule has 0 atom stereocenters. The van der Waals surface area contributed by atoms with Crippen LogP contribution >= 0.6 is 0 Å². The lowest BCUT2D eigenvalue weighted by molar-refractivity contribution is -0.137. The van der Waals surface area contributed by atoms with Crippen LogP contribution in [-0.4, -0.2) is 31.4 Å². The van der Waals surface area contributed by atoms with Crippen LogP contribution < -0.4 is 4.90 Å². The molecule has 1 aliphatic heterocycles. The van der Waals surface area contributed by atoms with Crippen molar-refractivity contribution in [2.75, 3.05) is 24.6 Å². The molecule has 2 rings (SSSR count). The standard InChI is InChI=1S/C14H16FNO3/c1-2-19-14(18)13(17)10-7-11(15)9-12(8-10)16-5-3-4-6-16/h7-9H,2-6H2,1H3. The molecule has 0 unspecified atom stereocenters. The maximum absolute atomic E-state index is 13.6. The van der Waals surface area contributed by atoms with Gasteiger partial charge >= 0.3 is 5.97 Å². The van der Waals surface area contributed by atoms with Gasteiger partial charge in [0.2, 0.25) is 0 Å². The summed E-state index contributed by atoms with van der Waals surface area (Å²) in [6.45, 7) is 3.43. The third-order valence-corrected chi connectivity index (χ3v) is 3.08. The topological polar surface area (TPSA) is 46.6 Å². The van der Waals surface area contributed by atoms with Crippen LogP contribution in [0.15, 0.2) is 18.2 Å². The first-order valence-corrected chi connectivity index (χ1v) is 6.39. The minimum atomic E-state index is -0.944. The Hall–Kier alpha value is -1.91. The molecule has 1 saturated heterocycles. The molecule has 1 aromatic carbocycles. The van der Waals surface area contributed by atoms with Gasteiger partial charge in [0.05, 0.1) is 6.61 Å². The number of halogens is 1. The van der Waals surface area contributed by atoms with Gasteiger partial charge in [-0.1, -0.05) is 0 Å². The van der Waals surface area contributed by atoms with Crippen LogP contribution in [0.1, 0.15) is 30.1 Å². The average Bonchev–Trinajstić information content (AvgIpc) is 2.91. The Kier molecular flexibility index (Phi) is 4.14. The second-order valence-electron chi connectivity index (χ2n) is 4.44. The lowest BCUT2D eigenvalue weighted by Gasteiger charge is -2.18. The fourth-order valence-electron chi connectivity index (χ4n) is 2.18. The van der Waals surface area contributed by atoms with E-state index in [2.05, 4.69) is 4.74 Å². The van der Waals surface area contributed by atoms with Crippen LogP contribution in [-0.2, 0) is 9.53 Å². The molecule has 0 bridgehead atoms. The summed E-state index contributed by atoms with van der Waals surface area (Å²) in [6.07, 6.45) is 2.11. The summed E-state index contributed by atoms with van der Waals surface area (Å²) in [6, 6.07) is 4.00. The highest BCUT2D eigenvalue weighted by Crippen LogP contribution is 2.23. The first-order chi connectivity index (χ1) is 9.11. The van der Waals surface area contributed by atoms with Crippen molar-refractivity contribution in [2.45, 2.75) is 19.8 Å². The molecule has 0 N–H and O–H groups in total. The zero-order valence-corrected chi connectivity index (χ0v) is 10.8. The fraction of sp³-hybridized carbons (Fsp3) is 0.429. The van der Waals surface area contributed by atoms with Gasteiger partial charge in [0, 0.05) is 24.3 Å². The molecule has 5 heteroatoms. The second-order valence-corrected chi connectivity index (χ2v) is 4.44. The van der Waals surface area contributed by atoms with E-state index in [9.17, 15) is 14.0 Å². The quantitative estimate of drug-likeness (QED) is 0.475. The SMILES string of the molecule is CCOC(=O)C(=O)c1cc(F)cc(N2CCCC2)c1. The van der Waals surface area contributed by atoms with Gasteiger partial charge < -0.3 is 9.64 Å². The van der Waals surface area contributed by atoms with Crippen LogP contribution in [0.5, 0.6) is 0 Å². The molecule has 1 heterocycles. The number of nitrogens with zero attached hydrogens (tertiary/aromatic N) is 1. The van der Waals surface area contributed by atoms with Crippen molar-refractivity contribution in [1.82, 2.24) is 0 Å². The van der Waals surface area contributed by atoms with Gasteiger partial charge in [-0.3, -0.25) is 4.79 Å². The van der Waals surface area contributed by atoms with Crippen molar-refractivity contribution in [3.63, 3.8) is 0 Å². The van der Waals surface area contributed by atoms with Crippen molar-refractivity contribution in [3.8, 4) is 0 Å². The van der Waals surface area contributed by atoms with E-state index >= 15 is 0 Å². The Morgan fingerprint density at radius 2 is 1.95 bits per heavy atom. The molecule has 1 aliphatic rings. The number of ketones is 1. The fourth-order valence-corrected chi connectivity index (χ4v) is 2.18. The van der Waals surface area contributed by atoms with Gasteiger partial charge in [-0.05, 0) is 38.0 Å². The minimum absolute atomic E-state index is 0.0420. The maximum atomic E-state index is 13.6. The number of rotatable bonds is 4. The van der Waals surface area contributed by atoms with Crippen molar-refractivity contribution < 1.29 is 18.7 Å². The number of carbonyl (C=O) groups is 2. The molecule has 4 nitrogen and oxygen atoms in total. The summed E-state index contributed by atoms with van der Waals surface area (Å²) in [5.74, 6) is -2.26. The molecule has 19 heavy (non-hydrogen) atoms. The predicted molar refractivity (Wildman–Crippen MR) is 68.8 cm³/mol. The van der Waals surface area contributed by atoms with E-state index in [4.69, 9.17) is 0 Å². The molecular formula is C14H16FNO3. The number of hydrogen-bond acceptors (Lipinski definition) is 4. The van der Waals surface area contributed by atoms with E-state index in [0.717, 1.165) is 32.0 Å². The Balaban J connectivity index is 2.25. The minimum Gasteiger partial charge on any atom is -0.460 e. The summed E-state index contributed by atoms with van der Waals surface area (Å²) < 4.78 is 18.2. The molecule has 102 valence electrons. The molecule has 1 aromatic rings. The summed E-state index contributed by atoms with van der Waals surface area (Å²) >= 11 is 0. The van der Waals surface area contributed by atoms with E-state index < -0.39 is 17.6 Å². The number of benzene rings is 1. The van der Waals surface area contributed by atoms with Crippen molar-refractivity contribution in [3.05, 3.63) is 29.6 Å². The lowest BCUT2D eigenvalue weighted by atomic mass is 10.1. The van der Waals surface area contributed by atoms with Crippen molar-refractivity contribution >= 4 is 17.4 Å². The average molecular weight is 265 g/mol. The third-order valence-electron chi connectivity index (χ3n) is 3.08. The normalized spacial score (nSPS) is 14.5. The van der Waals surface area contributed by atoms with Gasteiger partial charge in [0.1, 0.15) is 5.82 Å². The molecule has 0 amide bonds. The number of carbonyl (C=O) groups excluding carboxylic acids is 2. The maximum Gasteiger partial charge on any atom is 0.379 e. The molecular weight excluding hydrogens is 249 g/mol. The van der Waals surface area contributed by atoms with E-state index in [1.165, 1.54) is 6.07 Å². The van der Waals surface area contributed by atoms with Crippen LogP contribution in [0.4, 0.5) is 10.1 Å². The monoisotopic (exact) mass is 265 g/mol. The number of esters is 1. The number of hydrogen-bond donors (Lipinski definition) is 0. The highest BCUT2D eigenvalue weighted by molar-refractivity contribution is 6.40. The van der Waals surface area contributed by atoms with Crippen LogP contribution in [0.3, 0.4) is 0 Å². The molecule has 0 radical (unpaired) electrons. The largest absolute Gasteiger partial charge is 0.460 e. The second kappa shape index (κ2) is 5.82. The van der Waals surface area contributed by atoms with Crippen LogP contribution in [0.2, 0.25) is 0 Å². The van der Waals surface area contributed by atoms with Gasteiger partial charge in [-0.25, -0.2) is 9.18 Å². The molecule has 0 aliphatic carbocycles. The zero-order chi connectivity index (χ0) is 13.8. The van der Waals surface area contributed by atoms with Crippen LogP contribution in [0, 0.1) is 5.82 Å². The predicted octanol–water partition coefficient (Wildman–Crippen LogP) is 2.17. The number of anilines is 1. The summed E-state index contributed by atoms with van der Waals surface area (Å²) in [4.78, 5) is 25.2. The molecule has 0 saturated carbocycles. The molecule has 1 fully saturated rings. The van der Waals surface area contributed by atoms with Gasteiger partial charge in [-0.15, -0.1) is 0 Å². The number of Topliss-reactive ketones (excluding diaryl/α,β-unsaturated/α-hetero) is 1. The van der Waals surface area contributed by atoms with E-state index in [0.29, 0.717) is 5.69 Å². The summed E-state index contributed by atoms with van der Waals surface area (Å²) in [5, 5.41) is 0. The Morgan fingerprint density at radius 1 is 1.26 bits per heavy atom. The van der Waals surface area contributed by atoms with E-state index in [-0.39, 0.29) is 12.2 Å². The first kappa shape index (κ1) is 13.5. The van der Waals surface area contributed by atoms with E-state index in [1.54, 1.807) is 13.0 Å². The van der Waals surface area contributed by atoms with Gasteiger partial charge in [0.15, 0.2) is 0 Å². The van der Waals surface area contributed by atoms with Gasteiger partial charge in [-0.2, -0.15) is 0 Å². The zero-order valence-electron chi connectivity index (χ0n) is 10.8. The van der Waals surface area contributed by atoms with Crippen molar-refractivity contribution in [2.24, 2.45) is 0 Å².